The lowest BCUT2D eigenvalue weighted by Gasteiger charge is -2.08. The summed E-state index contributed by atoms with van der Waals surface area (Å²) < 4.78 is 10.8. The van der Waals surface area contributed by atoms with Gasteiger partial charge < -0.3 is 15.2 Å². The van der Waals surface area contributed by atoms with Crippen molar-refractivity contribution in [2.75, 3.05) is 18.9 Å². The van der Waals surface area contributed by atoms with Crippen molar-refractivity contribution in [1.29, 1.82) is 0 Å². The van der Waals surface area contributed by atoms with Crippen molar-refractivity contribution in [2.24, 2.45) is 0 Å². The van der Waals surface area contributed by atoms with Gasteiger partial charge in [-0.2, -0.15) is 0 Å². The van der Waals surface area contributed by atoms with E-state index in [1.807, 2.05) is 38.1 Å². The summed E-state index contributed by atoms with van der Waals surface area (Å²) in [6, 6.07) is 9.50. The zero-order valence-corrected chi connectivity index (χ0v) is 11.8. The second kappa shape index (κ2) is 6.86. The molecule has 0 bridgehead atoms. The van der Waals surface area contributed by atoms with E-state index in [0.717, 1.165) is 17.0 Å². The van der Waals surface area contributed by atoms with Crippen LogP contribution in [0.2, 0.25) is 0 Å². The number of anilines is 1. The molecule has 106 valence electrons. The van der Waals surface area contributed by atoms with Crippen LogP contribution in [0.15, 0.2) is 30.3 Å². The van der Waals surface area contributed by atoms with Gasteiger partial charge in [-0.25, -0.2) is 9.97 Å². The Morgan fingerprint density at radius 2 is 1.95 bits per heavy atom. The standard InChI is InChI=1S/C15H19N3O2/c1-3-19-10-15-17-13(9-14(16)18-15)11-6-5-7-12(8-11)20-4-2/h5-9H,3-4,10H2,1-2H3,(H2,16,17,18). The SMILES string of the molecule is CCOCc1nc(N)cc(-c2cccc(OCC)c2)n1. The Labute approximate surface area is 118 Å². The minimum atomic E-state index is 0.361. The van der Waals surface area contributed by atoms with Crippen LogP contribution in [-0.4, -0.2) is 23.2 Å². The van der Waals surface area contributed by atoms with Crippen LogP contribution in [0.5, 0.6) is 5.75 Å². The highest BCUT2D eigenvalue weighted by atomic mass is 16.5. The summed E-state index contributed by atoms with van der Waals surface area (Å²) in [5.74, 6) is 1.84. The van der Waals surface area contributed by atoms with E-state index in [9.17, 15) is 0 Å². The third-order valence-corrected chi connectivity index (χ3v) is 2.67. The fraction of sp³-hybridized carbons (Fsp3) is 0.333. The number of ether oxygens (including phenoxy) is 2. The number of hydrogen-bond donors (Lipinski definition) is 1. The molecule has 0 aliphatic rings. The van der Waals surface area contributed by atoms with Gasteiger partial charge in [0.05, 0.1) is 12.3 Å². The van der Waals surface area contributed by atoms with Gasteiger partial charge in [0, 0.05) is 18.2 Å². The minimum Gasteiger partial charge on any atom is -0.494 e. The first-order valence-electron chi connectivity index (χ1n) is 6.67. The zero-order chi connectivity index (χ0) is 14.4. The molecule has 5 heteroatoms. The maximum Gasteiger partial charge on any atom is 0.157 e. The van der Waals surface area contributed by atoms with Crippen molar-refractivity contribution in [3.8, 4) is 17.0 Å². The molecule has 0 unspecified atom stereocenters. The molecule has 0 atom stereocenters. The fourth-order valence-corrected chi connectivity index (χ4v) is 1.84. The van der Waals surface area contributed by atoms with Crippen molar-refractivity contribution >= 4 is 5.82 Å². The topological polar surface area (TPSA) is 70.3 Å². The van der Waals surface area contributed by atoms with Gasteiger partial charge in [-0.1, -0.05) is 12.1 Å². The first kappa shape index (κ1) is 14.3. The molecule has 0 amide bonds. The lowest BCUT2D eigenvalue weighted by atomic mass is 10.1. The molecule has 5 nitrogen and oxygen atoms in total. The van der Waals surface area contributed by atoms with Crippen LogP contribution < -0.4 is 10.5 Å². The van der Waals surface area contributed by atoms with Crippen molar-refractivity contribution in [3.05, 3.63) is 36.2 Å². The van der Waals surface area contributed by atoms with Crippen molar-refractivity contribution in [1.82, 2.24) is 9.97 Å². The van der Waals surface area contributed by atoms with Crippen LogP contribution in [0.25, 0.3) is 11.3 Å². The third kappa shape index (κ3) is 3.68. The van der Waals surface area contributed by atoms with Crippen LogP contribution >= 0.6 is 0 Å². The molecule has 2 N–H and O–H groups in total. The molecule has 20 heavy (non-hydrogen) atoms. The Kier molecular flexibility index (Phi) is 4.90. The van der Waals surface area contributed by atoms with Crippen LogP contribution in [-0.2, 0) is 11.3 Å². The molecular weight excluding hydrogens is 254 g/mol. The highest BCUT2D eigenvalue weighted by Gasteiger charge is 2.06. The molecule has 0 spiro atoms. The third-order valence-electron chi connectivity index (χ3n) is 2.67. The molecule has 1 aromatic heterocycles. The summed E-state index contributed by atoms with van der Waals surface area (Å²) in [4.78, 5) is 8.64. The highest BCUT2D eigenvalue weighted by Crippen LogP contribution is 2.23. The van der Waals surface area contributed by atoms with E-state index in [-0.39, 0.29) is 0 Å². The smallest absolute Gasteiger partial charge is 0.157 e. The first-order chi connectivity index (χ1) is 9.72. The summed E-state index contributed by atoms with van der Waals surface area (Å²) in [6.07, 6.45) is 0. The maximum absolute atomic E-state index is 5.83. The van der Waals surface area contributed by atoms with E-state index >= 15 is 0 Å². The van der Waals surface area contributed by atoms with Crippen LogP contribution in [0.4, 0.5) is 5.82 Å². The summed E-state index contributed by atoms with van der Waals surface area (Å²) in [5, 5.41) is 0. The average molecular weight is 273 g/mol. The Hall–Kier alpha value is -2.14. The molecule has 0 saturated heterocycles. The lowest BCUT2D eigenvalue weighted by Crippen LogP contribution is -2.03. The summed E-state index contributed by atoms with van der Waals surface area (Å²) in [6.45, 7) is 5.49. The predicted molar refractivity (Wildman–Crippen MR) is 78.4 cm³/mol. The van der Waals surface area contributed by atoms with E-state index in [4.69, 9.17) is 15.2 Å². The summed E-state index contributed by atoms with van der Waals surface area (Å²) >= 11 is 0. The first-order valence-corrected chi connectivity index (χ1v) is 6.67. The Balaban J connectivity index is 2.31. The van der Waals surface area contributed by atoms with E-state index in [0.29, 0.717) is 31.5 Å². The molecule has 2 aromatic rings. The van der Waals surface area contributed by atoms with Gasteiger partial charge in [0.1, 0.15) is 18.2 Å². The van der Waals surface area contributed by atoms with Gasteiger partial charge in [0.15, 0.2) is 5.82 Å². The number of aromatic nitrogens is 2. The molecule has 0 aliphatic heterocycles. The molecular formula is C15H19N3O2. The number of nitrogens with zero attached hydrogens (tertiary/aromatic N) is 2. The second-order valence-corrected chi connectivity index (χ2v) is 4.19. The molecule has 0 saturated carbocycles. The lowest BCUT2D eigenvalue weighted by molar-refractivity contribution is 0.128. The largest absolute Gasteiger partial charge is 0.494 e. The van der Waals surface area contributed by atoms with Gasteiger partial charge in [-0.05, 0) is 26.0 Å². The fourth-order valence-electron chi connectivity index (χ4n) is 1.84. The van der Waals surface area contributed by atoms with Gasteiger partial charge in [-0.15, -0.1) is 0 Å². The van der Waals surface area contributed by atoms with Crippen molar-refractivity contribution in [2.45, 2.75) is 20.5 Å². The average Bonchev–Trinajstić information content (AvgIpc) is 2.45. The number of nitrogen functional groups attached to an aromatic ring is 1. The van der Waals surface area contributed by atoms with Gasteiger partial charge in [0.2, 0.25) is 0 Å². The van der Waals surface area contributed by atoms with Crippen LogP contribution in [0.3, 0.4) is 0 Å². The van der Waals surface area contributed by atoms with Gasteiger partial charge >= 0.3 is 0 Å². The quantitative estimate of drug-likeness (QED) is 0.876. The van der Waals surface area contributed by atoms with Crippen molar-refractivity contribution in [3.63, 3.8) is 0 Å². The van der Waals surface area contributed by atoms with E-state index in [1.165, 1.54) is 0 Å². The number of rotatable bonds is 6. The Morgan fingerprint density at radius 1 is 1.10 bits per heavy atom. The Bertz CT molecular complexity index is 573. The predicted octanol–water partition coefficient (Wildman–Crippen LogP) is 2.66. The van der Waals surface area contributed by atoms with Gasteiger partial charge in [0.25, 0.3) is 0 Å². The Morgan fingerprint density at radius 3 is 2.70 bits per heavy atom. The monoisotopic (exact) mass is 273 g/mol. The molecule has 0 fully saturated rings. The number of nitrogens with two attached hydrogens (primary N) is 1. The minimum absolute atomic E-state index is 0.361. The zero-order valence-electron chi connectivity index (χ0n) is 11.8. The van der Waals surface area contributed by atoms with Crippen molar-refractivity contribution < 1.29 is 9.47 Å². The second-order valence-electron chi connectivity index (χ2n) is 4.19. The summed E-state index contributed by atoms with van der Waals surface area (Å²) in [7, 11) is 0. The van der Waals surface area contributed by atoms with Crippen LogP contribution in [0, 0.1) is 0 Å². The van der Waals surface area contributed by atoms with E-state index in [2.05, 4.69) is 9.97 Å². The van der Waals surface area contributed by atoms with Gasteiger partial charge in [-0.3, -0.25) is 0 Å². The molecule has 1 aromatic carbocycles. The van der Waals surface area contributed by atoms with E-state index in [1.54, 1.807) is 6.07 Å². The molecule has 2 rings (SSSR count). The molecule has 0 aliphatic carbocycles. The molecule has 0 radical (unpaired) electrons. The maximum atomic E-state index is 5.83. The highest BCUT2D eigenvalue weighted by molar-refractivity contribution is 5.63. The number of benzene rings is 1. The summed E-state index contributed by atoms with van der Waals surface area (Å²) in [5.41, 5.74) is 7.55. The molecule has 1 heterocycles. The van der Waals surface area contributed by atoms with E-state index < -0.39 is 0 Å². The van der Waals surface area contributed by atoms with Crippen LogP contribution in [0.1, 0.15) is 19.7 Å². The normalized spacial score (nSPS) is 10.5. The number of hydrogen-bond acceptors (Lipinski definition) is 5.